The van der Waals surface area contributed by atoms with Gasteiger partial charge in [-0.05, 0) is 19.3 Å². The third-order valence-corrected chi connectivity index (χ3v) is 4.92. The molecule has 4 nitrogen and oxygen atoms in total. The lowest BCUT2D eigenvalue weighted by atomic mass is 9.82. The summed E-state index contributed by atoms with van der Waals surface area (Å²) < 4.78 is 98.2. The van der Waals surface area contributed by atoms with Crippen LogP contribution < -0.4 is 0 Å². The van der Waals surface area contributed by atoms with Gasteiger partial charge in [0.2, 0.25) is 0 Å². The number of carbonyl (C=O) groups is 2. The van der Waals surface area contributed by atoms with Crippen LogP contribution in [0.25, 0.3) is 0 Å². The van der Waals surface area contributed by atoms with Crippen molar-refractivity contribution in [2.75, 3.05) is 13.2 Å². The van der Waals surface area contributed by atoms with Crippen LogP contribution in [0.5, 0.6) is 0 Å². The molecule has 0 saturated carbocycles. The van der Waals surface area contributed by atoms with E-state index in [-0.39, 0.29) is 19.4 Å². The van der Waals surface area contributed by atoms with Crippen LogP contribution in [-0.2, 0) is 19.1 Å². The minimum absolute atomic E-state index is 0.0394. The largest absolute Gasteiger partial charge is 0.465 e. The normalized spacial score (nSPS) is 13.3. The van der Waals surface area contributed by atoms with Crippen molar-refractivity contribution in [3.63, 3.8) is 0 Å². The Hall–Kier alpha value is -1.55. The highest BCUT2D eigenvalue weighted by Gasteiger charge is 2.73. The molecule has 0 atom stereocenters. The molecule has 0 N–H and O–H groups in total. The van der Waals surface area contributed by atoms with Gasteiger partial charge in [-0.3, -0.25) is 9.59 Å². The summed E-state index contributed by atoms with van der Waals surface area (Å²) in [5, 5.41) is 0. The zero-order valence-electron chi connectivity index (χ0n) is 17.3. The predicted molar refractivity (Wildman–Crippen MR) is 94.3 cm³/mol. The van der Waals surface area contributed by atoms with Crippen LogP contribution in [0, 0.1) is 5.41 Å². The number of ether oxygens (including phenoxy) is 2. The minimum Gasteiger partial charge on any atom is -0.465 e. The molecular formula is C19H29F7O4. The number of hydrogen-bond acceptors (Lipinski definition) is 4. The van der Waals surface area contributed by atoms with E-state index in [1.807, 2.05) is 0 Å². The van der Waals surface area contributed by atoms with Crippen LogP contribution in [0.2, 0.25) is 0 Å². The molecule has 0 heterocycles. The van der Waals surface area contributed by atoms with Crippen molar-refractivity contribution in [1.29, 1.82) is 0 Å². The topological polar surface area (TPSA) is 52.6 Å². The van der Waals surface area contributed by atoms with E-state index in [1.54, 1.807) is 0 Å². The molecule has 0 unspecified atom stereocenters. The van der Waals surface area contributed by atoms with E-state index in [1.165, 1.54) is 13.8 Å². The van der Waals surface area contributed by atoms with Crippen LogP contribution in [0.1, 0.15) is 72.1 Å². The molecule has 0 aliphatic carbocycles. The fourth-order valence-corrected chi connectivity index (χ4v) is 2.69. The fourth-order valence-electron chi connectivity index (χ4n) is 2.69. The Kier molecular flexibility index (Phi) is 11.1. The maximum Gasteiger partial charge on any atom is 0.460 e. The maximum absolute atomic E-state index is 13.4. The van der Waals surface area contributed by atoms with Crippen molar-refractivity contribution in [2.24, 2.45) is 5.41 Å². The van der Waals surface area contributed by atoms with Gasteiger partial charge in [-0.2, -0.15) is 30.7 Å². The lowest BCUT2D eigenvalue weighted by molar-refractivity contribution is -0.360. The molecule has 0 aliphatic rings. The zero-order chi connectivity index (χ0) is 23.6. The predicted octanol–water partition coefficient (Wildman–Crippen LogP) is 6.07. The smallest absolute Gasteiger partial charge is 0.460 e. The van der Waals surface area contributed by atoms with Crippen molar-refractivity contribution in [2.45, 2.75) is 90.2 Å². The number of unbranched alkanes of at least 4 members (excludes halogenated alkanes) is 5. The second-order valence-electron chi connectivity index (χ2n) is 7.05. The van der Waals surface area contributed by atoms with E-state index in [4.69, 9.17) is 4.74 Å². The third-order valence-electron chi connectivity index (χ3n) is 4.92. The summed E-state index contributed by atoms with van der Waals surface area (Å²) in [6, 6.07) is 0. The molecule has 0 fully saturated rings. The molecule has 11 heteroatoms. The van der Waals surface area contributed by atoms with Gasteiger partial charge >= 0.3 is 30.0 Å². The van der Waals surface area contributed by atoms with E-state index in [0.717, 1.165) is 32.1 Å². The van der Waals surface area contributed by atoms with Gasteiger partial charge in [0.05, 0.1) is 6.61 Å². The molecule has 0 radical (unpaired) electrons. The van der Waals surface area contributed by atoms with Crippen molar-refractivity contribution in [1.82, 2.24) is 0 Å². The van der Waals surface area contributed by atoms with Gasteiger partial charge in [0.25, 0.3) is 0 Å². The lowest BCUT2D eigenvalue weighted by Gasteiger charge is -2.30. The highest BCUT2D eigenvalue weighted by molar-refractivity contribution is 6.00. The number of rotatable bonds is 14. The van der Waals surface area contributed by atoms with Gasteiger partial charge in [0.1, 0.15) is 0 Å². The van der Waals surface area contributed by atoms with Crippen molar-refractivity contribution in [3.8, 4) is 0 Å². The van der Waals surface area contributed by atoms with Gasteiger partial charge in [-0.1, -0.05) is 52.9 Å². The molecule has 0 aliphatic heterocycles. The average Bonchev–Trinajstić information content (AvgIpc) is 2.66. The van der Waals surface area contributed by atoms with Crippen molar-refractivity contribution < 1.29 is 49.8 Å². The van der Waals surface area contributed by atoms with Gasteiger partial charge in [0.15, 0.2) is 12.0 Å². The molecule has 30 heavy (non-hydrogen) atoms. The van der Waals surface area contributed by atoms with E-state index in [0.29, 0.717) is 6.42 Å². The quantitative estimate of drug-likeness (QED) is 0.138. The Morgan fingerprint density at radius 2 is 1.17 bits per heavy atom. The SMILES string of the molecule is CCCCCCCCOC(=O)C(CC)(CC)C(=O)OCC(F)(F)C(F)(F)C(F)(F)F. The average molecular weight is 454 g/mol. The monoisotopic (exact) mass is 454 g/mol. The first kappa shape index (κ1) is 28.5. The summed E-state index contributed by atoms with van der Waals surface area (Å²) in [5.41, 5.74) is -2.06. The van der Waals surface area contributed by atoms with Crippen LogP contribution in [0.15, 0.2) is 0 Å². The van der Waals surface area contributed by atoms with Gasteiger partial charge in [-0.25, -0.2) is 0 Å². The maximum atomic E-state index is 13.4. The Morgan fingerprint density at radius 3 is 1.63 bits per heavy atom. The molecule has 0 aromatic heterocycles. The van der Waals surface area contributed by atoms with E-state index < -0.39 is 42.0 Å². The Labute approximate surface area is 171 Å². The Morgan fingerprint density at radius 1 is 0.700 bits per heavy atom. The van der Waals surface area contributed by atoms with Gasteiger partial charge in [0, 0.05) is 0 Å². The van der Waals surface area contributed by atoms with Crippen LogP contribution >= 0.6 is 0 Å². The van der Waals surface area contributed by atoms with Crippen LogP contribution in [-0.4, -0.2) is 43.2 Å². The molecule has 178 valence electrons. The van der Waals surface area contributed by atoms with Crippen LogP contribution in [0.4, 0.5) is 30.7 Å². The second kappa shape index (κ2) is 11.7. The molecule has 0 saturated heterocycles. The zero-order valence-corrected chi connectivity index (χ0v) is 17.3. The third kappa shape index (κ3) is 7.01. The van der Waals surface area contributed by atoms with E-state index >= 15 is 0 Å². The summed E-state index contributed by atoms with van der Waals surface area (Å²) in [6.45, 7) is 2.18. The summed E-state index contributed by atoms with van der Waals surface area (Å²) in [7, 11) is 0. The van der Waals surface area contributed by atoms with Gasteiger partial charge in [-0.15, -0.1) is 0 Å². The number of hydrogen-bond donors (Lipinski definition) is 0. The second-order valence-corrected chi connectivity index (χ2v) is 7.05. The lowest BCUT2D eigenvalue weighted by Crippen LogP contribution is -2.55. The fraction of sp³-hybridized carbons (Fsp3) is 0.895. The molecule has 0 amide bonds. The standard InChI is InChI=1S/C19H29F7O4/c1-4-7-8-9-10-11-12-29-14(27)16(5-2,6-3)15(28)30-13-17(20,21)18(22,23)19(24,25)26/h4-13H2,1-3H3. The number of alkyl halides is 7. The molecule has 0 aromatic rings. The van der Waals surface area contributed by atoms with Crippen molar-refractivity contribution in [3.05, 3.63) is 0 Å². The molecule has 0 bridgehead atoms. The molecule has 0 spiro atoms. The first-order valence-electron chi connectivity index (χ1n) is 9.90. The van der Waals surface area contributed by atoms with Crippen LogP contribution in [0.3, 0.4) is 0 Å². The molecular weight excluding hydrogens is 425 g/mol. The van der Waals surface area contributed by atoms with Crippen molar-refractivity contribution >= 4 is 11.9 Å². The Balaban J connectivity index is 4.97. The summed E-state index contributed by atoms with van der Waals surface area (Å²) in [4.78, 5) is 24.6. The summed E-state index contributed by atoms with van der Waals surface area (Å²) >= 11 is 0. The molecule has 0 aromatic carbocycles. The number of esters is 2. The minimum atomic E-state index is -6.54. The Bertz CT molecular complexity index is 543. The van der Waals surface area contributed by atoms with E-state index in [9.17, 15) is 40.3 Å². The number of carbonyl (C=O) groups excluding carboxylic acids is 2. The summed E-state index contributed by atoms with van der Waals surface area (Å²) in [6.07, 6.45) is -1.74. The van der Waals surface area contributed by atoms with E-state index in [2.05, 4.69) is 11.7 Å². The molecule has 0 rings (SSSR count). The number of halogens is 7. The highest BCUT2D eigenvalue weighted by Crippen LogP contribution is 2.46. The first-order chi connectivity index (χ1) is 13.7. The van der Waals surface area contributed by atoms with Gasteiger partial charge < -0.3 is 9.47 Å². The summed E-state index contributed by atoms with van der Waals surface area (Å²) in [5.74, 6) is -14.8. The first-order valence-corrected chi connectivity index (χ1v) is 9.90. The highest BCUT2D eigenvalue weighted by atomic mass is 19.4.